The highest BCUT2D eigenvalue weighted by Crippen LogP contribution is 2.28. The van der Waals surface area contributed by atoms with Crippen molar-refractivity contribution in [2.24, 2.45) is 0 Å². The molecule has 0 spiro atoms. The van der Waals surface area contributed by atoms with E-state index in [9.17, 15) is 4.80 Å². The Hall–Kier alpha value is -1.04. The molecule has 1 aromatic carbocycles. The van der Waals surface area contributed by atoms with Gasteiger partial charge >= 0.3 is 0 Å². The van der Waals surface area contributed by atoms with Gasteiger partial charge in [-0.1, -0.05) is 57.4 Å². The third kappa shape index (κ3) is 2.97. The lowest BCUT2D eigenvalue weighted by Crippen LogP contribution is -2.40. The van der Waals surface area contributed by atoms with Crippen molar-refractivity contribution < 1.29 is 4.80 Å². The molecule has 0 saturated heterocycles. The van der Waals surface area contributed by atoms with Crippen molar-refractivity contribution in [3.63, 3.8) is 0 Å². The zero-order valence-electron chi connectivity index (χ0n) is 10.5. The molecule has 0 unspecified atom stereocenters. The van der Waals surface area contributed by atoms with Crippen molar-refractivity contribution in [3.8, 4) is 11.5 Å². The van der Waals surface area contributed by atoms with E-state index in [1.54, 1.807) is 0 Å². The topological polar surface area (TPSA) is 20.2 Å². The van der Waals surface area contributed by atoms with Gasteiger partial charge in [-0.2, -0.15) is 0 Å². The van der Waals surface area contributed by atoms with Crippen LogP contribution in [0.15, 0.2) is 30.3 Å². The molecule has 0 saturated carbocycles. The van der Waals surface area contributed by atoms with E-state index in [1.165, 1.54) is 0 Å². The van der Waals surface area contributed by atoms with Gasteiger partial charge < -0.3 is 4.80 Å². The molecule has 0 radical (unpaired) electrons. The van der Waals surface area contributed by atoms with Crippen molar-refractivity contribution in [2.75, 3.05) is 0 Å². The first-order valence-electron chi connectivity index (χ1n) is 5.77. The Kier molecular flexibility index (Phi) is 4.34. The molecular weight excluding hydrogens is 212 g/mol. The van der Waals surface area contributed by atoms with Crippen LogP contribution in [0.2, 0.25) is 11.1 Å². The molecule has 1 nitrogen and oxygen atoms in total. The first-order chi connectivity index (χ1) is 7.47. The minimum Gasteiger partial charge on any atom is -0.421 e. The Labute approximate surface area is 99.6 Å². The number of rotatable bonds is 2. The molecule has 0 aromatic heterocycles. The molecule has 0 aliphatic heterocycles. The lowest BCUT2D eigenvalue weighted by atomic mass is 10.2. The first-order valence-corrected chi connectivity index (χ1v) is 7.87. The van der Waals surface area contributed by atoms with Crippen LogP contribution in [0, 0.1) is 11.5 Å². The molecule has 16 heavy (non-hydrogen) atoms. The third-order valence-corrected chi connectivity index (χ3v) is 6.99. The molecular formula is C14H20OSi. The standard InChI is InChI=1S/C14H20OSi/c1-12(2)16(15,13(3)4)11-10-14-8-6-5-7-9-14/h5-9,12-13,15H,1-4H3. The van der Waals surface area contributed by atoms with E-state index in [-0.39, 0.29) is 11.1 Å². The van der Waals surface area contributed by atoms with Crippen LogP contribution in [0.3, 0.4) is 0 Å². The fraction of sp³-hybridized carbons (Fsp3) is 0.429. The highest BCUT2D eigenvalue weighted by atomic mass is 28.4. The molecule has 0 aliphatic rings. The van der Waals surface area contributed by atoms with E-state index < -0.39 is 8.32 Å². The van der Waals surface area contributed by atoms with Crippen molar-refractivity contribution in [3.05, 3.63) is 35.9 Å². The quantitative estimate of drug-likeness (QED) is 0.612. The molecule has 0 atom stereocenters. The van der Waals surface area contributed by atoms with E-state index in [4.69, 9.17) is 0 Å². The highest BCUT2D eigenvalue weighted by molar-refractivity contribution is 6.82. The van der Waals surface area contributed by atoms with E-state index in [2.05, 4.69) is 39.2 Å². The molecule has 0 amide bonds. The molecule has 0 bridgehead atoms. The molecule has 0 heterocycles. The van der Waals surface area contributed by atoms with E-state index >= 15 is 0 Å². The van der Waals surface area contributed by atoms with Gasteiger partial charge in [0.25, 0.3) is 8.32 Å². The summed E-state index contributed by atoms with van der Waals surface area (Å²) in [4.78, 5) is 10.6. The summed E-state index contributed by atoms with van der Waals surface area (Å²) < 4.78 is 0. The SMILES string of the molecule is CC(C)[Si](O)(C#Cc1ccccc1)C(C)C. The summed E-state index contributed by atoms with van der Waals surface area (Å²) in [6, 6.07) is 9.86. The minimum absolute atomic E-state index is 0.267. The second kappa shape index (κ2) is 5.34. The molecule has 1 N–H and O–H groups in total. The Balaban J connectivity index is 2.98. The molecule has 0 aliphatic carbocycles. The zero-order valence-corrected chi connectivity index (χ0v) is 11.5. The summed E-state index contributed by atoms with van der Waals surface area (Å²) in [6.45, 7) is 8.25. The second-order valence-electron chi connectivity index (χ2n) is 4.75. The summed E-state index contributed by atoms with van der Waals surface area (Å²) in [5, 5.41) is 0. The average Bonchev–Trinajstić information content (AvgIpc) is 2.26. The fourth-order valence-corrected chi connectivity index (χ4v) is 3.90. The van der Waals surface area contributed by atoms with Crippen molar-refractivity contribution in [1.82, 2.24) is 0 Å². The van der Waals surface area contributed by atoms with Crippen LogP contribution < -0.4 is 0 Å². The van der Waals surface area contributed by atoms with Crippen molar-refractivity contribution in [1.29, 1.82) is 0 Å². The monoisotopic (exact) mass is 232 g/mol. The number of hydrogen-bond donors (Lipinski definition) is 1. The van der Waals surface area contributed by atoms with Crippen molar-refractivity contribution >= 4 is 8.32 Å². The van der Waals surface area contributed by atoms with Gasteiger partial charge in [0.1, 0.15) is 0 Å². The average molecular weight is 232 g/mol. The summed E-state index contributed by atoms with van der Waals surface area (Å²) >= 11 is 0. The predicted octanol–water partition coefficient (Wildman–Crippen LogP) is 3.34. The summed E-state index contributed by atoms with van der Waals surface area (Å²) in [7, 11) is -2.45. The largest absolute Gasteiger partial charge is 0.421 e. The molecule has 2 heteroatoms. The molecule has 0 fully saturated rings. The number of hydrogen-bond acceptors (Lipinski definition) is 1. The van der Waals surface area contributed by atoms with Gasteiger partial charge in [-0.3, -0.25) is 0 Å². The molecule has 86 valence electrons. The number of benzene rings is 1. The Morgan fingerprint density at radius 1 is 1.00 bits per heavy atom. The van der Waals surface area contributed by atoms with Crippen LogP contribution >= 0.6 is 0 Å². The highest BCUT2D eigenvalue weighted by Gasteiger charge is 2.37. The smallest absolute Gasteiger partial charge is 0.274 e. The van der Waals surface area contributed by atoms with Gasteiger partial charge in [0.2, 0.25) is 0 Å². The molecule has 1 rings (SSSR count). The fourth-order valence-electron chi connectivity index (χ4n) is 1.65. The van der Waals surface area contributed by atoms with Gasteiger partial charge in [0, 0.05) is 5.56 Å². The Morgan fingerprint density at radius 3 is 1.94 bits per heavy atom. The summed E-state index contributed by atoms with van der Waals surface area (Å²) in [5.74, 6) is 3.11. The molecule has 1 aromatic rings. The van der Waals surface area contributed by atoms with Crippen LogP contribution in [0.1, 0.15) is 33.3 Å². The first kappa shape index (κ1) is 13.0. The van der Waals surface area contributed by atoms with E-state index in [0.29, 0.717) is 0 Å². The third-order valence-electron chi connectivity index (χ3n) is 2.94. The van der Waals surface area contributed by atoms with Gasteiger partial charge in [0.05, 0.1) is 0 Å². The Morgan fingerprint density at radius 2 is 1.50 bits per heavy atom. The maximum atomic E-state index is 10.6. The summed E-state index contributed by atoms with van der Waals surface area (Å²) in [6.07, 6.45) is 0. The van der Waals surface area contributed by atoms with Crippen molar-refractivity contribution in [2.45, 2.75) is 38.8 Å². The van der Waals surface area contributed by atoms with Crippen LogP contribution in [0.5, 0.6) is 0 Å². The second-order valence-corrected chi connectivity index (χ2v) is 8.96. The van der Waals surface area contributed by atoms with Gasteiger partial charge in [-0.05, 0) is 23.2 Å². The lowest BCUT2D eigenvalue weighted by Gasteiger charge is -2.27. The van der Waals surface area contributed by atoms with Gasteiger partial charge in [-0.25, -0.2) is 0 Å². The zero-order chi connectivity index (χ0) is 12.2. The van der Waals surface area contributed by atoms with E-state index in [1.807, 2.05) is 30.3 Å². The van der Waals surface area contributed by atoms with Gasteiger partial charge in [0.15, 0.2) is 0 Å². The maximum absolute atomic E-state index is 10.6. The predicted molar refractivity (Wildman–Crippen MR) is 71.5 cm³/mol. The maximum Gasteiger partial charge on any atom is 0.274 e. The van der Waals surface area contributed by atoms with Crippen LogP contribution in [-0.4, -0.2) is 13.1 Å². The minimum atomic E-state index is -2.45. The van der Waals surface area contributed by atoms with Crippen LogP contribution in [-0.2, 0) is 0 Å². The Bertz CT molecular complexity index is 376. The van der Waals surface area contributed by atoms with Crippen LogP contribution in [0.25, 0.3) is 0 Å². The summed E-state index contributed by atoms with van der Waals surface area (Å²) in [5.41, 5.74) is 4.67. The van der Waals surface area contributed by atoms with Crippen LogP contribution in [0.4, 0.5) is 0 Å². The normalized spacial score (nSPS) is 11.4. The van der Waals surface area contributed by atoms with Gasteiger partial charge in [-0.15, -0.1) is 0 Å². The lowest BCUT2D eigenvalue weighted by molar-refractivity contribution is 0.515. The van der Waals surface area contributed by atoms with E-state index in [0.717, 1.165) is 5.56 Å².